The molecule has 12 heteroatoms. The minimum absolute atomic E-state index is 0.0103. The molecular formula is C23H30BrN3O6S2. The van der Waals surface area contributed by atoms with Crippen LogP contribution in [0.4, 0.5) is 5.69 Å². The molecule has 2 aromatic rings. The monoisotopic (exact) mass is 587 g/mol. The van der Waals surface area contributed by atoms with Crippen LogP contribution >= 0.6 is 15.9 Å². The molecule has 1 saturated heterocycles. The molecule has 1 aliphatic heterocycles. The lowest BCUT2D eigenvalue weighted by molar-refractivity contribution is -0.120. The van der Waals surface area contributed by atoms with E-state index in [0.29, 0.717) is 24.2 Å². The van der Waals surface area contributed by atoms with Crippen molar-refractivity contribution >= 4 is 47.6 Å². The SMILES string of the molecule is COc1ccc(S(=O)(=O)NC(C)C)cc1NC(=O)C1CCN(S(=O)(=O)Cc2ccc(Br)cc2)CC1. The number of benzene rings is 2. The van der Waals surface area contributed by atoms with E-state index >= 15 is 0 Å². The Morgan fingerprint density at radius 3 is 2.29 bits per heavy atom. The maximum Gasteiger partial charge on any atom is 0.240 e. The Balaban J connectivity index is 1.65. The van der Waals surface area contributed by atoms with Crippen molar-refractivity contribution in [2.75, 3.05) is 25.5 Å². The van der Waals surface area contributed by atoms with Crippen molar-refractivity contribution in [2.45, 2.75) is 43.4 Å². The van der Waals surface area contributed by atoms with Gasteiger partial charge >= 0.3 is 0 Å². The van der Waals surface area contributed by atoms with Gasteiger partial charge in [-0.25, -0.2) is 25.9 Å². The van der Waals surface area contributed by atoms with E-state index in [0.717, 1.165) is 4.47 Å². The summed E-state index contributed by atoms with van der Waals surface area (Å²) in [4.78, 5) is 13.0. The summed E-state index contributed by atoms with van der Waals surface area (Å²) in [5.41, 5.74) is 0.941. The molecule has 0 radical (unpaired) electrons. The lowest BCUT2D eigenvalue weighted by Crippen LogP contribution is -2.41. The zero-order valence-electron chi connectivity index (χ0n) is 19.8. The number of carbonyl (C=O) groups is 1. The van der Waals surface area contributed by atoms with Crippen LogP contribution < -0.4 is 14.8 Å². The highest BCUT2D eigenvalue weighted by Crippen LogP contribution is 2.30. The van der Waals surface area contributed by atoms with Gasteiger partial charge in [0.1, 0.15) is 5.75 Å². The van der Waals surface area contributed by atoms with Gasteiger partial charge in [-0.2, -0.15) is 0 Å². The Kier molecular flexibility index (Phi) is 8.97. The topological polar surface area (TPSA) is 122 Å². The number of sulfonamides is 2. The van der Waals surface area contributed by atoms with Gasteiger partial charge < -0.3 is 10.1 Å². The summed E-state index contributed by atoms with van der Waals surface area (Å²) < 4.78 is 60.8. The summed E-state index contributed by atoms with van der Waals surface area (Å²) >= 11 is 3.34. The van der Waals surface area contributed by atoms with Crippen LogP contribution in [0.2, 0.25) is 0 Å². The maximum atomic E-state index is 12.9. The van der Waals surface area contributed by atoms with E-state index in [-0.39, 0.29) is 41.4 Å². The van der Waals surface area contributed by atoms with E-state index in [2.05, 4.69) is 26.0 Å². The second-order valence-electron chi connectivity index (χ2n) is 8.68. The van der Waals surface area contributed by atoms with E-state index in [1.807, 2.05) is 0 Å². The molecule has 9 nitrogen and oxygen atoms in total. The molecule has 2 aromatic carbocycles. The number of amides is 1. The Morgan fingerprint density at radius 1 is 1.09 bits per heavy atom. The molecule has 0 aromatic heterocycles. The Hall–Kier alpha value is -1.99. The van der Waals surface area contributed by atoms with Crippen molar-refractivity contribution in [1.29, 1.82) is 0 Å². The average molecular weight is 589 g/mol. The van der Waals surface area contributed by atoms with Crippen LogP contribution in [-0.2, 0) is 30.6 Å². The number of nitrogens with one attached hydrogen (secondary N) is 2. The van der Waals surface area contributed by atoms with E-state index < -0.39 is 26.0 Å². The molecular weight excluding hydrogens is 558 g/mol. The fourth-order valence-electron chi connectivity index (χ4n) is 3.84. The standard InChI is InChI=1S/C23H30BrN3O6S2/c1-16(2)26-35(31,32)20-8-9-22(33-3)21(14-20)25-23(28)18-10-12-27(13-11-18)34(29,30)15-17-4-6-19(24)7-5-17/h4-9,14,16,18,26H,10-13,15H2,1-3H3,(H,25,28). The average Bonchev–Trinajstić information content (AvgIpc) is 2.79. The zero-order chi connectivity index (χ0) is 25.8. The molecule has 1 amide bonds. The van der Waals surface area contributed by atoms with Gasteiger partial charge in [0.2, 0.25) is 26.0 Å². The number of hydrogen-bond donors (Lipinski definition) is 2. The molecule has 0 atom stereocenters. The van der Waals surface area contributed by atoms with Gasteiger partial charge in [-0.05, 0) is 62.6 Å². The second kappa shape index (κ2) is 11.4. The lowest BCUT2D eigenvalue weighted by atomic mass is 9.97. The predicted octanol–water partition coefficient (Wildman–Crippen LogP) is 3.32. The Bertz CT molecular complexity index is 1260. The molecule has 35 heavy (non-hydrogen) atoms. The van der Waals surface area contributed by atoms with Gasteiger partial charge in [0, 0.05) is 29.5 Å². The Labute approximate surface area is 215 Å². The highest BCUT2D eigenvalue weighted by molar-refractivity contribution is 9.10. The van der Waals surface area contributed by atoms with Crippen LogP contribution in [0.1, 0.15) is 32.3 Å². The number of methoxy groups -OCH3 is 1. The molecule has 0 unspecified atom stereocenters. The van der Waals surface area contributed by atoms with Gasteiger partial charge in [-0.15, -0.1) is 0 Å². The van der Waals surface area contributed by atoms with Crippen molar-refractivity contribution in [3.8, 4) is 5.75 Å². The van der Waals surface area contributed by atoms with Gasteiger partial charge in [-0.3, -0.25) is 4.79 Å². The van der Waals surface area contributed by atoms with Gasteiger partial charge in [0.25, 0.3) is 0 Å². The molecule has 0 spiro atoms. The number of ether oxygens (including phenoxy) is 1. The summed E-state index contributed by atoms with van der Waals surface area (Å²) in [5, 5.41) is 2.77. The van der Waals surface area contributed by atoms with Crippen LogP contribution in [0.25, 0.3) is 0 Å². The predicted molar refractivity (Wildman–Crippen MR) is 138 cm³/mol. The first-order chi connectivity index (χ1) is 16.4. The molecule has 0 saturated carbocycles. The van der Waals surface area contributed by atoms with Crippen molar-refractivity contribution < 1.29 is 26.4 Å². The van der Waals surface area contributed by atoms with Crippen LogP contribution in [0, 0.1) is 5.92 Å². The maximum absolute atomic E-state index is 12.9. The zero-order valence-corrected chi connectivity index (χ0v) is 23.0. The van der Waals surface area contributed by atoms with E-state index in [4.69, 9.17) is 4.74 Å². The van der Waals surface area contributed by atoms with Gasteiger partial charge in [-0.1, -0.05) is 28.1 Å². The Morgan fingerprint density at radius 2 is 1.71 bits per heavy atom. The first kappa shape index (κ1) is 27.6. The quantitative estimate of drug-likeness (QED) is 0.464. The largest absolute Gasteiger partial charge is 0.495 e. The van der Waals surface area contributed by atoms with Crippen molar-refractivity contribution in [1.82, 2.24) is 9.03 Å². The summed E-state index contributed by atoms with van der Waals surface area (Å²) in [6, 6.07) is 11.1. The minimum atomic E-state index is -3.75. The molecule has 3 rings (SSSR count). The third kappa shape index (κ3) is 7.26. The molecule has 1 aliphatic rings. The number of halogens is 1. The van der Waals surface area contributed by atoms with Crippen LogP contribution in [0.3, 0.4) is 0 Å². The summed E-state index contributed by atoms with van der Waals surface area (Å²) in [6.45, 7) is 3.91. The summed E-state index contributed by atoms with van der Waals surface area (Å²) in [6.07, 6.45) is 0.723. The number of hydrogen-bond acceptors (Lipinski definition) is 6. The van der Waals surface area contributed by atoms with Gasteiger partial charge in [0.05, 0.1) is 23.4 Å². The molecule has 1 heterocycles. The van der Waals surface area contributed by atoms with Crippen LogP contribution in [-0.4, -0.2) is 53.3 Å². The fourth-order valence-corrected chi connectivity index (χ4v) is 6.95. The van der Waals surface area contributed by atoms with Gasteiger partial charge in [0.15, 0.2) is 0 Å². The third-order valence-corrected chi connectivity index (χ3v) is 9.65. The van der Waals surface area contributed by atoms with Crippen LogP contribution in [0.15, 0.2) is 51.8 Å². The molecule has 192 valence electrons. The first-order valence-corrected chi connectivity index (χ1v) is 15.0. The highest BCUT2D eigenvalue weighted by atomic mass is 79.9. The smallest absolute Gasteiger partial charge is 0.240 e. The summed E-state index contributed by atoms with van der Waals surface area (Å²) in [5.74, 6) is -0.483. The normalized spacial score (nSPS) is 15.8. The number of nitrogens with zero attached hydrogens (tertiary/aromatic N) is 1. The molecule has 2 N–H and O–H groups in total. The van der Waals surface area contributed by atoms with E-state index in [9.17, 15) is 21.6 Å². The number of rotatable bonds is 9. The molecule has 0 bridgehead atoms. The third-order valence-electron chi connectivity index (χ3n) is 5.61. The number of piperidine rings is 1. The van der Waals surface area contributed by atoms with E-state index in [1.54, 1.807) is 38.1 Å². The van der Waals surface area contributed by atoms with Crippen LogP contribution in [0.5, 0.6) is 5.75 Å². The minimum Gasteiger partial charge on any atom is -0.495 e. The highest BCUT2D eigenvalue weighted by Gasteiger charge is 2.31. The molecule has 1 fully saturated rings. The van der Waals surface area contributed by atoms with Crippen molar-refractivity contribution in [3.63, 3.8) is 0 Å². The first-order valence-electron chi connectivity index (χ1n) is 11.1. The summed E-state index contributed by atoms with van der Waals surface area (Å²) in [7, 11) is -5.83. The lowest BCUT2D eigenvalue weighted by Gasteiger charge is -2.30. The second-order valence-corrected chi connectivity index (χ2v) is 13.3. The number of carbonyl (C=O) groups excluding carboxylic acids is 1. The fraction of sp³-hybridized carbons (Fsp3) is 0.435. The van der Waals surface area contributed by atoms with E-state index in [1.165, 1.54) is 29.6 Å². The number of anilines is 1. The van der Waals surface area contributed by atoms with Crippen molar-refractivity contribution in [3.05, 3.63) is 52.5 Å². The van der Waals surface area contributed by atoms with Crippen molar-refractivity contribution in [2.24, 2.45) is 5.92 Å². The molecule has 0 aliphatic carbocycles.